The molecule has 3 nitrogen and oxygen atoms in total. The summed E-state index contributed by atoms with van der Waals surface area (Å²) in [7, 11) is 1.43. The Labute approximate surface area is 110 Å². The van der Waals surface area contributed by atoms with E-state index in [2.05, 4.69) is 20.9 Å². The Bertz CT molecular complexity index is 578. The molecule has 0 amide bonds. The van der Waals surface area contributed by atoms with E-state index in [1.54, 1.807) is 12.1 Å². The van der Waals surface area contributed by atoms with Crippen molar-refractivity contribution in [2.75, 3.05) is 7.11 Å². The Morgan fingerprint density at radius 2 is 2.00 bits per heavy atom. The summed E-state index contributed by atoms with van der Waals surface area (Å²) in [4.78, 5) is 3.89. The van der Waals surface area contributed by atoms with E-state index in [-0.39, 0.29) is 11.6 Å². The van der Waals surface area contributed by atoms with Gasteiger partial charge < -0.3 is 9.47 Å². The monoisotopic (exact) mass is 315 g/mol. The van der Waals surface area contributed by atoms with E-state index in [0.717, 1.165) is 6.07 Å². The third-order valence-electron chi connectivity index (χ3n) is 2.12. The maximum absolute atomic E-state index is 13.5. The largest absolute Gasteiger partial charge is 0.491 e. The minimum Gasteiger partial charge on any atom is -0.491 e. The van der Waals surface area contributed by atoms with E-state index in [0.29, 0.717) is 10.2 Å². The van der Waals surface area contributed by atoms with Gasteiger partial charge in [0.1, 0.15) is 0 Å². The lowest BCUT2D eigenvalue weighted by Gasteiger charge is -2.09. The predicted octanol–water partition coefficient (Wildman–Crippen LogP) is 3.92. The van der Waals surface area contributed by atoms with Crippen molar-refractivity contribution in [1.82, 2.24) is 4.98 Å². The quantitative estimate of drug-likeness (QED) is 0.804. The summed E-state index contributed by atoms with van der Waals surface area (Å²) in [5.41, 5.74) is 0. The highest BCUT2D eigenvalue weighted by atomic mass is 79.9. The second kappa shape index (κ2) is 5.30. The van der Waals surface area contributed by atoms with Crippen LogP contribution in [0.15, 0.2) is 34.9 Å². The highest BCUT2D eigenvalue weighted by molar-refractivity contribution is 9.10. The molecule has 2 aromatic rings. The Hall–Kier alpha value is -1.69. The van der Waals surface area contributed by atoms with Crippen LogP contribution in [0, 0.1) is 11.6 Å². The molecule has 0 unspecified atom stereocenters. The minimum absolute atomic E-state index is 0.0661. The Morgan fingerprint density at radius 1 is 1.22 bits per heavy atom. The Morgan fingerprint density at radius 3 is 2.72 bits per heavy atom. The zero-order valence-electron chi connectivity index (χ0n) is 9.28. The minimum atomic E-state index is -1.08. The molecule has 6 heteroatoms. The van der Waals surface area contributed by atoms with Crippen LogP contribution in [0.25, 0.3) is 0 Å². The van der Waals surface area contributed by atoms with Crippen molar-refractivity contribution in [1.29, 1.82) is 0 Å². The van der Waals surface area contributed by atoms with E-state index in [9.17, 15) is 8.78 Å². The van der Waals surface area contributed by atoms with Crippen LogP contribution in [-0.2, 0) is 0 Å². The number of pyridine rings is 1. The number of nitrogens with zero attached hydrogens (tertiary/aromatic N) is 1. The van der Waals surface area contributed by atoms with Gasteiger partial charge in [-0.2, -0.15) is 4.39 Å². The molecule has 94 valence electrons. The third kappa shape index (κ3) is 2.59. The van der Waals surface area contributed by atoms with Crippen molar-refractivity contribution in [3.63, 3.8) is 0 Å². The van der Waals surface area contributed by atoms with Crippen molar-refractivity contribution < 1.29 is 18.3 Å². The van der Waals surface area contributed by atoms with Crippen LogP contribution in [0.4, 0.5) is 8.78 Å². The molecular weight excluding hydrogens is 308 g/mol. The summed E-state index contributed by atoms with van der Waals surface area (Å²) in [6.07, 6.45) is 1.46. The topological polar surface area (TPSA) is 31.4 Å². The summed E-state index contributed by atoms with van der Waals surface area (Å²) in [5.74, 6) is -1.95. The van der Waals surface area contributed by atoms with Gasteiger partial charge >= 0.3 is 0 Å². The average molecular weight is 316 g/mol. The molecule has 0 bridgehead atoms. The third-order valence-corrected chi connectivity index (χ3v) is 2.58. The number of rotatable bonds is 3. The molecule has 1 aromatic heterocycles. The van der Waals surface area contributed by atoms with E-state index < -0.39 is 11.6 Å². The number of hydrogen-bond acceptors (Lipinski definition) is 3. The van der Waals surface area contributed by atoms with Crippen LogP contribution >= 0.6 is 15.9 Å². The van der Waals surface area contributed by atoms with Gasteiger partial charge in [0.25, 0.3) is 5.88 Å². The zero-order chi connectivity index (χ0) is 13.1. The molecular formula is C12H8BrF2NO2. The number of ether oxygens (including phenoxy) is 2. The maximum atomic E-state index is 13.5. The molecule has 0 aliphatic rings. The van der Waals surface area contributed by atoms with Crippen LogP contribution in [0.2, 0.25) is 0 Å². The van der Waals surface area contributed by atoms with Gasteiger partial charge in [0.05, 0.1) is 7.11 Å². The summed E-state index contributed by atoms with van der Waals surface area (Å²) < 4.78 is 37.3. The predicted molar refractivity (Wildman–Crippen MR) is 64.9 cm³/mol. The normalized spacial score (nSPS) is 10.2. The molecule has 0 saturated heterocycles. The molecule has 0 spiro atoms. The number of methoxy groups -OCH3 is 1. The van der Waals surface area contributed by atoms with Gasteiger partial charge in [-0.05, 0) is 24.3 Å². The SMILES string of the molecule is COc1cccnc1Oc1cc(Br)cc(F)c1F. The lowest BCUT2D eigenvalue weighted by Crippen LogP contribution is -1.96. The van der Waals surface area contributed by atoms with E-state index in [1.165, 1.54) is 19.4 Å². The summed E-state index contributed by atoms with van der Waals surface area (Å²) >= 11 is 3.06. The highest BCUT2D eigenvalue weighted by Gasteiger charge is 2.14. The molecule has 1 heterocycles. The fourth-order valence-corrected chi connectivity index (χ4v) is 1.73. The van der Waals surface area contributed by atoms with Crippen LogP contribution < -0.4 is 9.47 Å². The second-order valence-electron chi connectivity index (χ2n) is 3.31. The van der Waals surface area contributed by atoms with Crippen molar-refractivity contribution in [3.8, 4) is 17.4 Å². The summed E-state index contributed by atoms with van der Waals surface area (Å²) in [5, 5.41) is 0. The van der Waals surface area contributed by atoms with E-state index in [4.69, 9.17) is 9.47 Å². The summed E-state index contributed by atoms with van der Waals surface area (Å²) in [6, 6.07) is 5.57. The molecule has 0 saturated carbocycles. The standard InChI is InChI=1S/C12H8BrF2NO2/c1-17-9-3-2-4-16-12(9)18-10-6-7(13)5-8(14)11(10)15/h2-6H,1H3. The average Bonchev–Trinajstić information content (AvgIpc) is 2.36. The van der Waals surface area contributed by atoms with Crippen LogP contribution in [0.3, 0.4) is 0 Å². The molecule has 2 rings (SSSR count). The van der Waals surface area contributed by atoms with Crippen molar-refractivity contribution in [2.45, 2.75) is 0 Å². The van der Waals surface area contributed by atoms with Gasteiger partial charge in [0.2, 0.25) is 5.82 Å². The first-order valence-corrected chi connectivity index (χ1v) is 5.72. The van der Waals surface area contributed by atoms with Gasteiger partial charge in [-0.25, -0.2) is 9.37 Å². The van der Waals surface area contributed by atoms with Crippen molar-refractivity contribution in [2.24, 2.45) is 0 Å². The summed E-state index contributed by atoms with van der Waals surface area (Å²) in [6.45, 7) is 0. The molecule has 0 N–H and O–H groups in total. The van der Waals surface area contributed by atoms with E-state index in [1.807, 2.05) is 0 Å². The highest BCUT2D eigenvalue weighted by Crippen LogP contribution is 2.32. The molecule has 1 aromatic carbocycles. The lowest BCUT2D eigenvalue weighted by molar-refractivity contribution is 0.355. The number of halogens is 3. The first kappa shape index (κ1) is 12.8. The first-order valence-electron chi connectivity index (χ1n) is 4.93. The Kier molecular flexibility index (Phi) is 3.76. The van der Waals surface area contributed by atoms with Crippen molar-refractivity contribution in [3.05, 3.63) is 46.6 Å². The van der Waals surface area contributed by atoms with Gasteiger partial charge in [0.15, 0.2) is 17.3 Å². The van der Waals surface area contributed by atoms with Gasteiger partial charge in [-0.3, -0.25) is 0 Å². The van der Waals surface area contributed by atoms with Gasteiger partial charge in [0, 0.05) is 10.7 Å². The van der Waals surface area contributed by atoms with Gasteiger partial charge in [-0.15, -0.1) is 0 Å². The first-order chi connectivity index (χ1) is 8.61. The van der Waals surface area contributed by atoms with Crippen LogP contribution in [0.1, 0.15) is 0 Å². The Balaban J connectivity index is 2.40. The fraction of sp³-hybridized carbons (Fsp3) is 0.0833. The lowest BCUT2D eigenvalue weighted by atomic mass is 10.3. The second-order valence-corrected chi connectivity index (χ2v) is 4.23. The molecule has 0 atom stereocenters. The molecule has 0 aliphatic heterocycles. The number of aromatic nitrogens is 1. The maximum Gasteiger partial charge on any atom is 0.262 e. The fourth-order valence-electron chi connectivity index (χ4n) is 1.32. The van der Waals surface area contributed by atoms with E-state index >= 15 is 0 Å². The molecule has 18 heavy (non-hydrogen) atoms. The molecule has 0 fully saturated rings. The van der Waals surface area contributed by atoms with Crippen LogP contribution in [0.5, 0.6) is 17.4 Å². The van der Waals surface area contributed by atoms with Crippen molar-refractivity contribution >= 4 is 15.9 Å². The molecule has 0 radical (unpaired) electrons. The van der Waals surface area contributed by atoms with Gasteiger partial charge in [-0.1, -0.05) is 15.9 Å². The van der Waals surface area contributed by atoms with Crippen LogP contribution in [-0.4, -0.2) is 12.1 Å². The number of hydrogen-bond donors (Lipinski definition) is 0. The molecule has 0 aliphatic carbocycles. The zero-order valence-corrected chi connectivity index (χ0v) is 10.9. The smallest absolute Gasteiger partial charge is 0.262 e. The number of benzene rings is 1.